The Morgan fingerprint density at radius 3 is 2.86 bits per heavy atom. The lowest BCUT2D eigenvalue weighted by Crippen LogP contribution is -2.33. The molecule has 120 valence electrons. The van der Waals surface area contributed by atoms with Crippen molar-refractivity contribution in [2.75, 3.05) is 33.4 Å². The van der Waals surface area contributed by atoms with Gasteiger partial charge in [-0.2, -0.15) is 0 Å². The van der Waals surface area contributed by atoms with Crippen molar-refractivity contribution in [2.45, 2.75) is 13.8 Å². The summed E-state index contributed by atoms with van der Waals surface area (Å²) in [7, 11) is 1.67. The Bertz CT molecular complexity index is 607. The van der Waals surface area contributed by atoms with Crippen LogP contribution in [0.1, 0.15) is 21.7 Å². The van der Waals surface area contributed by atoms with Crippen LogP contribution in [-0.2, 0) is 4.74 Å². The first-order valence-electron chi connectivity index (χ1n) is 7.21. The maximum Gasteiger partial charge on any atom is 0.253 e. The number of nitrogens with one attached hydrogen (secondary N) is 2. The van der Waals surface area contributed by atoms with E-state index in [1.165, 1.54) is 0 Å². The highest BCUT2D eigenvalue weighted by atomic mass is 32.1. The second kappa shape index (κ2) is 8.07. The Morgan fingerprint density at radius 1 is 1.36 bits per heavy atom. The number of amides is 1. The molecule has 0 aromatic carbocycles. The van der Waals surface area contributed by atoms with Crippen molar-refractivity contribution in [2.24, 2.45) is 0 Å². The number of carbonyl (C=O) groups is 1. The average Bonchev–Trinajstić information content (AvgIpc) is 3.10. The highest BCUT2D eigenvalue weighted by Crippen LogP contribution is 2.22. The van der Waals surface area contributed by atoms with E-state index in [9.17, 15) is 4.79 Å². The molecule has 0 spiro atoms. The van der Waals surface area contributed by atoms with Crippen molar-refractivity contribution in [1.29, 1.82) is 0 Å². The fraction of sp³-hybridized carbons (Fsp3) is 0.467. The summed E-state index contributed by atoms with van der Waals surface area (Å²) in [6.45, 7) is 6.69. The van der Waals surface area contributed by atoms with E-state index in [0.29, 0.717) is 18.7 Å². The topological polar surface area (TPSA) is 68.2 Å². The Morgan fingerprint density at radius 2 is 2.18 bits per heavy atom. The van der Waals surface area contributed by atoms with Gasteiger partial charge < -0.3 is 15.4 Å². The molecule has 1 amide bonds. The Kier molecular flexibility index (Phi) is 6.11. The molecular formula is C15H22N4O2S. The number of hydrogen-bond acceptors (Lipinski definition) is 5. The number of nitrogens with zero attached hydrogens (tertiary/aromatic N) is 2. The predicted molar refractivity (Wildman–Crippen MR) is 88.0 cm³/mol. The van der Waals surface area contributed by atoms with Crippen LogP contribution >= 0.6 is 11.3 Å². The maximum atomic E-state index is 12.3. The van der Waals surface area contributed by atoms with E-state index in [1.54, 1.807) is 24.6 Å². The maximum absolute atomic E-state index is 12.3. The van der Waals surface area contributed by atoms with Crippen molar-refractivity contribution >= 4 is 17.2 Å². The van der Waals surface area contributed by atoms with Crippen LogP contribution in [0.3, 0.4) is 0 Å². The standard InChI is InChI=1S/C15H22N4O2S/c1-11-10-13(12(2)19(11)15-18-7-9-22-15)14(20)17-5-4-16-6-8-21-3/h7,9-10,16H,4-6,8H2,1-3H3,(H,17,20). The van der Waals surface area contributed by atoms with E-state index in [1.807, 2.05) is 29.9 Å². The lowest BCUT2D eigenvalue weighted by atomic mass is 10.2. The van der Waals surface area contributed by atoms with E-state index in [0.717, 1.165) is 29.6 Å². The summed E-state index contributed by atoms with van der Waals surface area (Å²) in [6, 6.07) is 1.91. The third-order valence-corrected chi connectivity index (χ3v) is 4.11. The number of aromatic nitrogens is 2. The van der Waals surface area contributed by atoms with Gasteiger partial charge in [-0.25, -0.2) is 4.98 Å². The predicted octanol–water partition coefficient (Wildman–Crippen LogP) is 1.52. The fourth-order valence-electron chi connectivity index (χ4n) is 2.27. The Balaban J connectivity index is 1.95. The van der Waals surface area contributed by atoms with Crippen molar-refractivity contribution in [3.05, 3.63) is 34.6 Å². The molecule has 0 saturated carbocycles. The van der Waals surface area contributed by atoms with Gasteiger partial charge in [0.05, 0.1) is 12.2 Å². The third kappa shape index (κ3) is 3.94. The molecule has 0 fully saturated rings. The number of rotatable bonds is 8. The molecule has 0 bridgehead atoms. The van der Waals surface area contributed by atoms with Gasteiger partial charge in [0.15, 0.2) is 5.13 Å². The Labute approximate surface area is 134 Å². The second-order valence-electron chi connectivity index (χ2n) is 4.93. The molecular weight excluding hydrogens is 300 g/mol. The van der Waals surface area contributed by atoms with Gasteiger partial charge in [-0.3, -0.25) is 9.36 Å². The summed E-state index contributed by atoms with van der Waals surface area (Å²) < 4.78 is 6.96. The van der Waals surface area contributed by atoms with Gasteiger partial charge in [-0.05, 0) is 19.9 Å². The lowest BCUT2D eigenvalue weighted by molar-refractivity contribution is 0.0953. The van der Waals surface area contributed by atoms with Gasteiger partial charge in [0.25, 0.3) is 5.91 Å². The zero-order valence-electron chi connectivity index (χ0n) is 13.2. The molecule has 2 rings (SSSR count). The average molecular weight is 322 g/mol. The monoisotopic (exact) mass is 322 g/mol. The summed E-state index contributed by atoms with van der Waals surface area (Å²) in [4.78, 5) is 16.6. The molecule has 0 atom stereocenters. The van der Waals surface area contributed by atoms with E-state index < -0.39 is 0 Å². The zero-order chi connectivity index (χ0) is 15.9. The van der Waals surface area contributed by atoms with Crippen molar-refractivity contribution in [3.63, 3.8) is 0 Å². The second-order valence-corrected chi connectivity index (χ2v) is 5.81. The molecule has 2 N–H and O–H groups in total. The van der Waals surface area contributed by atoms with Gasteiger partial charge in [0, 0.05) is 49.7 Å². The van der Waals surface area contributed by atoms with Gasteiger partial charge in [0.2, 0.25) is 0 Å². The molecule has 7 heteroatoms. The van der Waals surface area contributed by atoms with Crippen LogP contribution in [0.15, 0.2) is 17.6 Å². The molecule has 2 aromatic rings. The molecule has 6 nitrogen and oxygen atoms in total. The fourth-order valence-corrected chi connectivity index (χ4v) is 3.02. The third-order valence-electron chi connectivity index (χ3n) is 3.36. The molecule has 0 unspecified atom stereocenters. The molecule has 22 heavy (non-hydrogen) atoms. The molecule has 0 aliphatic heterocycles. The van der Waals surface area contributed by atoms with Crippen LogP contribution in [-0.4, -0.2) is 48.8 Å². The normalized spacial score (nSPS) is 10.9. The van der Waals surface area contributed by atoms with Crippen LogP contribution in [0.25, 0.3) is 5.13 Å². The molecule has 2 aromatic heterocycles. The summed E-state index contributed by atoms with van der Waals surface area (Å²) >= 11 is 1.56. The summed E-state index contributed by atoms with van der Waals surface area (Å²) in [6.07, 6.45) is 1.77. The summed E-state index contributed by atoms with van der Waals surface area (Å²) in [5.41, 5.74) is 2.62. The number of aryl methyl sites for hydroxylation is 1. The molecule has 0 aliphatic carbocycles. The SMILES string of the molecule is COCCNCCNC(=O)c1cc(C)n(-c2nccs2)c1C. The molecule has 0 radical (unpaired) electrons. The minimum absolute atomic E-state index is 0.0514. The largest absolute Gasteiger partial charge is 0.383 e. The van der Waals surface area contributed by atoms with Crippen molar-refractivity contribution in [1.82, 2.24) is 20.2 Å². The number of thiazole rings is 1. The van der Waals surface area contributed by atoms with Crippen LogP contribution < -0.4 is 10.6 Å². The Hall–Kier alpha value is -1.70. The van der Waals surface area contributed by atoms with Crippen molar-refractivity contribution < 1.29 is 9.53 Å². The number of methoxy groups -OCH3 is 1. The summed E-state index contributed by atoms with van der Waals surface area (Å²) in [5.74, 6) is -0.0514. The highest BCUT2D eigenvalue weighted by Gasteiger charge is 2.17. The van der Waals surface area contributed by atoms with Crippen LogP contribution in [0, 0.1) is 13.8 Å². The van der Waals surface area contributed by atoms with Gasteiger partial charge in [0.1, 0.15) is 0 Å². The highest BCUT2D eigenvalue weighted by molar-refractivity contribution is 7.12. The van der Waals surface area contributed by atoms with Crippen LogP contribution in [0.5, 0.6) is 0 Å². The smallest absolute Gasteiger partial charge is 0.253 e. The molecule has 0 saturated heterocycles. The van der Waals surface area contributed by atoms with E-state index in [2.05, 4.69) is 15.6 Å². The zero-order valence-corrected chi connectivity index (χ0v) is 14.0. The van der Waals surface area contributed by atoms with Crippen LogP contribution in [0.2, 0.25) is 0 Å². The minimum atomic E-state index is -0.0514. The molecule has 0 aliphatic rings. The number of hydrogen-bond donors (Lipinski definition) is 2. The van der Waals surface area contributed by atoms with Crippen molar-refractivity contribution in [3.8, 4) is 5.13 Å². The van der Waals surface area contributed by atoms with E-state index >= 15 is 0 Å². The van der Waals surface area contributed by atoms with Gasteiger partial charge in [-0.1, -0.05) is 0 Å². The van der Waals surface area contributed by atoms with Gasteiger partial charge >= 0.3 is 0 Å². The quantitative estimate of drug-likeness (QED) is 0.723. The minimum Gasteiger partial charge on any atom is -0.383 e. The number of carbonyl (C=O) groups excluding carboxylic acids is 1. The first-order valence-corrected chi connectivity index (χ1v) is 8.09. The molecule has 2 heterocycles. The summed E-state index contributed by atoms with van der Waals surface area (Å²) in [5, 5.41) is 8.94. The van der Waals surface area contributed by atoms with Gasteiger partial charge in [-0.15, -0.1) is 11.3 Å². The lowest BCUT2D eigenvalue weighted by Gasteiger charge is -2.07. The number of ether oxygens (including phenoxy) is 1. The van der Waals surface area contributed by atoms with E-state index in [-0.39, 0.29) is 5.91 Å². The van der Waals surface area contributed by atoms with Crippen LogP contribution in [0.4, 0.5) is 0 Å². The van der Waals surface area contributed by atoms with E-state index in [4.69, 9.17) is 4.74 Å². The first kappa shape index (κ1) is 16.7. The first-order chi connectivity index (χ1) is 10.6.